The summed E-state index contributed by atoms with van der Waals surface area (Å²) in [5.41, 5.74) is 3.45. The Morgan fingerprint density at radius 3 is 2.90 bits per heavy atom. The topological polar surface area (TPSA) is 61.9 Å². The molecule has 0 unspecified atom stereocenters. The van der Waals surface area contributed by atoms with Crippen LogP contribution in [-0.4, -0.2) is 27.6 Å². The molecule has 1 aromatic heterocycles. The average molecular weight is 284 g/mol. The molecular formula is C16H20N4O. The number of carbonyl (C=O) groups excluding carboxylic acids is 1. The molecule has 0 atom stereocenters. The number of aromatic nitrogens is 3. The Morgan fingerprint density at radius 1 is 1.38 bits per heavy atom. The lowest BCUT2D eigenvalue weighted by Gasteiger charge is -2.28. The van der Waals surface area contributed by atoms with E-state index in [0.717, 1.165) is 30.9 Å². The van der Waals surface area contributed by atoms with Crippen LogP contribution in [-0.2, 0) is 6.42 Å². The van der Waals surface area contributed by atoms with E-state index in [1.807, 2.05) is 26.0 Å². The van der Waals surface area contributed by atoms with Gasteiger partial charge in [0.05, 0.1) is 0 Å². The predicted octanol–water partition coefficient (Wildman–Crippen LogP) is 2.83. The van der Waals surface area contributed by atoms with Crippen LogP contribution in [0, 0.1) is 6.92 Å². The van der Waals surface area contributed by atoms with Crippen molar-refractivity contribution in [2.75, 3.05) is 11.4 Å². The number of anilines is 1. The lowest BCUT2D eigenvalue weighted by molar-refractivity contribution is 0.0975. The fourth-order valence-corrected chi connectivity index (χ4v) is 2.69. The number of benzene rings is 1. The van der Waals surface area contributed by atoms with Gasteiger partial charge in [0.2, 0.25) is 5.82 Å². The minimum atomic E-state index is -0.122. The highest BCUT2D eigenvalue weighted by molar-refractivity contribution is 6.04. The molecule has 1 aliphatic rings. The van der Waals surface area contributed by atoms with Crippen molar-refractivity contribution >= 4 is 11.6 Å². The molecule has 21 heavy (non-hydrogen) atoms. The zero-order chi connectivity index (χ0) is 15.0. The second kappa shape index (κ2) is 5.31. The number of nitrogens with one attached hydrogen (secondary N) is 1. The Bertz CT molecular complexity index is 675. The van der Waals surface area contributed by atoms with E-state index >= 15 is 0 Å². The van der Waals surface area contributed by atoms with Crippen LogP contribution in [0.2, 0.25) is 0 Å². The Morgan fingerprint density at radius 2 is 2.19 bits per heavy atom. The summed E-state index contributed by atoms with van der Waals surface area (Å²) in [6.07, 6.45) is 2.00. The molecule has 0 radical (unpaired) electrons. The van der Waals surface area contributed by atoms with Crippen LogP contribution in [0.25, 0.3) is 0 Å². The third kappa shape index (κ3) is 2.55. The van der Waals surface area contributed by atoms with Crippen LogP contribution in [0.3, 0.4) is 0 Å². The molecule has 2 heterocycles. The molecule has 3 rings (SSSR count). The number of hydrogen-bond acceptors (Lipinski definition) is 3. The van der Waals surface area contributed by atoms with E-state index in [2.05, 4.69) is 28.2 Å². The first-order valence-corrected chi connectivity index (χ1v) is 7.40. The normalized spacial score (nSPS) is 14.4. The number of rotatable bonds is 2. The van der Waals surface area contributed by atoms with Crippen molar-refractivity contribution in [3.8, 4) is 0 Å². The molecule has 1 aromatic carbocycles. The molecule has 1 amide bonds. The smallest absolute Gasteiger partial charge is 0.297 e. The SMILES string of the molecule is Cc1ccc2c(c1)CCCN2C(=O)c1n[nH]c(C(C)C)n1. The van der Waals surface area contributed by atoms with Crippen molar-refractivity contribution in [3.63, 3.8) is 0 Å². The molecule has 0 saturated carbocycles. The van der Waals surface area contributed by atoms with Gasteiger partial charge in [-0.3, -0.25) is 9.89 Å². The predicted molar refractivity (Wildman–Crippen MR) is 81.6 cm³/mol. The van der Waals surface area contributed by atoms with Gasteiger partial charge < -0.3 is 4.90 Å². The fraction of sp³-hybridized carbons (Fsp3) is 0.438. The summed E-state index contributed by atoms with van der Waals surface area (Å²) in [5, 5.41) is 6.93. The van der Waals surface area contributed by atoms with Gasteiger partial charge in [0.15, 0.2) is 0 Å². The lowest BCUT2D eigenvalue weighted by atomic mass is 9.99. The Hall–Kier alpha value is -2.17. The number of nitrogens with zero attached hydrogens (tertiary/aromatic N) is 3. The summed E-state index contributed by atoms with van der Waals surface area (Å²) in [5.74, 6) is 1.12. The van der Waals surface area contributed by atoms with E-state index in [-0.39, 0.29) is 17.6 Å². The van der Waals surface area contributed by atoms with Crippen molar-refractivity contribution in [1.82, 2.24) is 15.2 Å². The molecule has 0 spiro atoms. The molecule has 110 valence electrons. The van der Waals surface area contributed by atoms with Gasteiger partial charge in [0.25, 0.3) is 5.91 Å². The number of amides is 1. The van der Waals surface area contributed by atoms with Gasteiger partial charge in [-0.25, -0.2) is 4.98 Å². The lowest BCUT2D eigenvalue weighted by Crippen LogP contribution is -2.36. The van der Waals surface area contributed by atoms with Crippen LogP contribution in [0.5, 0.6) is 0 Å². The first-order valence-electron chi connectivity index (χ1n) is 7.40. The highest BCUT2D eigenvalue weighted by atomic mass is 16.2. The third-order valence-corrected chi connectivity index (χ3v) is 3.84. The zero-order valence-corrected chi connectivity index (χ0v) is 12.7. The average Bonchev–Trinajstić information content (AvgIpc) is 2.95. The van der Waals surface area contributed by atoms with Crippen LogP contribution in [0.4, 0.5) is 5.69 Å². The number of carbonyl (C=O) groups is 1. The summed E-state index contributed by atoms with van der Waals surface area (Å²) in [7, 11) is 0. The van der Waals surface area contributed by atoms with Crippen LogP contribution < -0.4 is 4.90 Å². The van der Waals surface area contributed by atoms with Crippen molar-refractivity contribution in [2.45, 2.75) is 39.5 Å². The minimum absolute atomic E-state index is 0.122. The highest BCUT2D eigenvalue weighted by Gasteiger charge is 2.26. The van der Waals surface area contributed by atoms with E-state index in [4.69, 9.17) is 0 Å². The monoisotopic (exact) mass is 284 g/mol. The Balaban J connectivity index is 1.92. The largest absolute Gasteiger partial charge is 0.305 e. The first-order chi connectivity index (χ1) is 10.1. The summed E-state index contributed by atoms with van der Waals surface area (Å²) >= 11 is 0. The van der Waals surface area contributed by atoms with Crippen molar-refractivity contribution in [1.29, 1.82) is 0 Å². The van der Waals surface area contributed by atoms with Crippen molar-refractivity contribution < 1.29 is 4.79 Å². The third-order valence-electron chi connectivity index (χ3n) is 3.84. The summed E-state index contributed by atoms with van der Waals surface area (Å²) in [4.78, 5) is 18.8. The fourth-order valence-electron chi connectivity index (χ4n) is 2.69. The summed E-state index contributed by atoms with van der Waals surface area (Å²) in [6.45, 7) is 6.84. The molecular weight excluding hydrogens is 264 g/mol. The van der Waals surface area contributed by atoms with E-state index < -0.39 is 0 Å². The molecule has 5 nitrogen and oxygen atoms in total. The van der Waals surface area contributed by atoms with E-state index in [0.29, 0.717) is 0 Å². The minimum Gasteiger partial charge on any atom is -0.305 e. The molecule has 2 aromatic rings. The summed E-state index contributed by atoms with van der Waals surface area (Å²) < 4.78 is 0. The van der Waals surface area contributed by atoms with E-state index in [1.54, 1.807) is 4.90 Å². The maximum atomic E-state index is 12.7. The Labute approximate surface area is 124 Å². The standard InChI is InChI=1S/C16H20N4O/c1-10(2)14-17-15(19-18-14)16(21)20-8-4-5-12-9-11(3)6-7-13(12)20/h6-7,9-10H,4-5,8H2,1-3H3,(H,17,18,19). The number of fused-ring (bicyclic) bond motifs is 1. The molecule has 1 N–H and O–H groups in total. The molecule has 5 heteroatoms. The molecule has 0 bridgehead atoms. The molecule has 0 saturated heterocycles. The van der Waals surface area contributed by atoms with E-state index in [9.17, 15) is 4.79 Å². The zero-order valence-electron chi connectivity index (χ0n) is 12.7. The Kier molecular flexibility index (Phi) is 3.49. The van der Waals surface area contributed by atoms with Gasteiger partial charge in [-0.05, 0) is 31.4 Å². The van der Waals surface area contributed by atoms with Gasteiger partial charge in [0, 0.05) is 18.2 Å². The van der Waals surface area contributed by atoms with Crippen LogP contribution >= 0.6 is 0 Å². The quantitative estimate of drug-likeness (QED) is 0.922. The maximum absolute atomic E-state index is 12.7. The van der Waals surface area contributed by atoms with Crippen molar-refractivity contribution in [2.24, 2.45) is 0 Å². The summed E-state index contributed by atoms with van der Waals surface area (Å²) in [6, 6.07) is 6.23. The van der Waals surface area contributed by atoms with Crippen LogP contribution in [0.1, 0.15) is 53.8 Å². The first kappa shape index (κ1) is 13.8. The second-order valence-corrected chi connectivity index (χ2v) is 5.89. The second-order valence-electron chi connectivity index (χ2n) is 5.89. The van der Waals surface area contributed by atoms with Gasteiger partial charge in [-0.1, -0.05) is 31.5 Å². The maximum Gasteiger partial charge on any atom is 0.297 e. The molecule has 0 aliphatic carbocycles. The van der Waals surface area contributed by atoms with Gasteiger partial charge >= 0.3 is 0 Å². The van der Waals surface area contributed by atoms with Gasteiger partial charge in [-0.15, -0.1) is 5.10 Å². The highest BCUT2D eigenvalue weighted by Crippen LogP contribution is 2.28. The van der Waals surface area contributed by atoms with E-state index in [1.165, 1.54) is 11.1 Å². The molecule has 0 fully saturated rings. The van der Waals surface area contributed by atoms with Crippen molar-refractivity contribution in [3.05, 3.63) is 41.0 Å². The number of aromatic amines is 1. The number of aryl methyl sites for hydroxylation is 2. The number of H-pyrrole nitrogens is 1. The van der Waals surface area contributed by atoms with Crippen LogP contribution in [0.15, 0.2) is 18.2 Å². The molecule has 1 aliphatic heterocycles. The van der Waals surface area contributed by atoms with Gasteiger partial charge in [-0.2, -0.15) is 0 Å². The van der Waals surface area contributed by atoms with Gasteiger partial charge in [0.1, 0.15) is 5.82 Å². The number of hydrogen-bond donors (Lipinski definition) is 1.